The molecule has 0 aromatic heterocycles. The number of hydrogen-bond donors (Lipinski definition) is 1. The molecule has 1 N–H and O–H groups in total. The van der Waals surface area contributed by atoms with Crippen LogP contribution in [0.3, 0.4) is 0 Å². The van der Waals surface area contributed by atoms with Crippen LogP contribution >= 0.6 is 0 Å². The standard InChI is InChI=1S/C17H29NO6/c1-8-21-14(19)11(2)9-12(13-10-22-17(6,7)23-13)18-15(20)24-16(3,4)5/h12-13H,2,8-10H2,1,3-7H3,(H,18,20). The molecule has 1 fully saturated rings. The van der Waals surface area contributed by atoms with Gasteiger partial charge in [-0.2, -0.15) is 0 Å². The van der Waals surface area contributed by atoms with E-state index in [1.165, 1.54) is 0 Å². The molecular formula is C17H29NO6. The van der Waals surface area contributed by atoms with Gasteiger partial charge in [-0.05, 0) is 41.5 Å². The van der Waals surface area contributed by atoms with Gasteiger partial charge in [-0.15, -0.1) is 0 Å². The molecule has 0 radical (unpaired) electrons. The third-order valence-electron chi connectivity index (χ3n) is 3.21. The van der Waals surface area contributed by atoms with Gasteiger partial charge < -0.3 is 24.3 Å². The molecule has 0 aliphatic carbocycles. The molecule has 0 saturated carbocycles. The van der Waals surface area contributed by atoms with Gasteiger partial charge >= 0.3 is 12.1 Å². The Bertz CT molecular complexity index is 480. The average Bonchev–Trinajstić information content (AvgIpc) is 2.76. The zero-order chi connectivity index (χ0) is 18.5. The van der Waals surface area contributed by atoms with E-state index in [2.05, 4.69) is 11.9 Å². The van der Waals surface area contributed by atoms with Crippen LogP contribution in [0, 0.1) is 0 Å². The van der Waals surface area contributed by atoms with Gasteiger partial charge in [0.25, 0.3) is 0 Å². The lowest BCUT2D eigenvalue weighted by Gasteiger charge is -2.27. The molecule has 138 valence electrons. The van der Waals surface area contributed by atoms with Gasteiger partial charge in [0.15, 0.2) is 5.79 Å². The molecule has 1 amide bonds. The van der Waals surface area contributed by atoms with E-state index >= 15 is 0 Å². The molecular weight excluding hydrogens is 314 g/mol. The highest BCUT2D eigenvalue weighted by atomic mass is 16.7. The molecule has 1 aliphatic rings. The van der Waals surface area contributed by atoms with Crippen molar-refractivity contribution in [2.24, 2.45) is 0 Å². The fourth-order valence-corrected chi connectivity index (χ4v) is 2.23. The third kappa shape index (κ3) is 6.88. The summed E-state index contributed by atoms with van der Waals surface area (Å²) in [6.07, 6.45) is -0.821. The van der Waals surface area contributed by atoms with Crippen molar-refractivity contribution in [1.29, 1.82) is 0 Å². The number of ether oxygens (including phenoxy) is 4. The lowest BCUT2D eigenvalue weighted by atomic mass is 10.0. The normalized spacial score (nSPS) is 21.0. The Morgan fingerprint density at radius 1 is 1.38 bits per heavy atom. The minimum absolute atomic E-state index is 0.183. The first-order valence-electron chi connectivity index (χ1n) is 8.09. The molecule has 1 heterocycles. The molecule has 0 aromatic carbocycles. The highest BCUT2D eigenvalue weighted by Gasteiger charge is 2.39. The molecule has 1 saturated heterocycles. The van der Waals surface area contributed by atoms with E-state index in [1.54, 1.807) is 41.5 Å². The minimum atomic E-state index is -0.746. The van der Waals surface area contributed by atoms with Gasteiger partial charge in [0.2, 0.25) is 0 Å². The predicted octanol–water partition coefficient (Wildman–Crippen LogP) is 2.54. The van der Waals surface area contributed by atoms with Crippen molar-refractivity contribution in [3.8, 4) is 0 Å². The fourth-order valence-electron chi connectivity index (χ4n) is 2.23. The molecule has 1 aliphatic heterocycles. The number of alkyl carbamates (subject to hydrolysis) is 1. The van der Waals surface area contributed by atoms with Crippen LogP contribution in [0.2, 0.25) is 0 Å². The van der Waals surface area contributed by atoms with Crippen LogP contribution in [0.4, 0.5) is 4.79 Å². The molecule has 7 nitrogen and oxygen atoms in total. The number of rotatable bonds is 6. The van der Waals surface area contributed by atoms with Crippen molar-refractivity contribution in [2.75, 3.05) is 13.2 Å². The van der Waals surface area contributed by atoms with Crippen LogP contribution in [0.25, 0.3) is 0 Å². The Morgan fingerprint density at radius 2 is 2.00 bits per heavy atom. The monoisotopic (exact) mass is 343 g/mol. The number of amides is 1. The van der Waals surface area contributed by atoms with E-state index < -0.39 is 35.6 Å². The van der Waals surface area contributed by atoms with Crippen molar-refractivity contribution in [3.05, 3.63) is 12.2 Å². The Hall–Kier alpha value is -1.60. The molecule has 0 bridgehead atoms. The Kier molecular flexibility index (Phi) is 6.80. The van der Waals surface area contributed by atoms with Gasteiger partial charge in [0.05, 0.1) is 19.3 Å². The van der Waals surface area contributed by atoms with Crippen LogP contribution in [0.5, 0.6) is 0 Å². The second-order valence-corrected chi connectivity index (χ2v) is 7.15. The number of carbonyl (C=O) groups is 2. The van der Waals surface area contributed by atoms with Crippen molar-refractivity contribution < 1.29 is 28.5 Å². The van der Waals surface area contributed by atoms with Crippen LogP contribution in [-0.2, 0) is 23.7 Å². The van der Waals surface area contributed by atoms with Crippen LogP contribution in [0.1, 0.15) is 48.0 Å². The second-order valence-electron chi connectivity index (χ2n) is 7.15. The SMILES string of the molecule is C=C(CC(NC(=O)OC(C)(C)C)C1COC(C)(C)O1)C(=O)OCC. The Labute approximate surface area is 143 Å². The summed E-state index contributed by atoms with van der Waals surface area (Å²) in [6.45, 7) is 14.9. The van der Waals surface area contributed by atoms with E-state index in [0.717, 1.165) is 0 Å². The zero-order valence-corrected chi connectivity index (χ0v) is 15.4. The Balaban J connectivity index is 2.78. The Morgan fingerprint density at radius 3 is 2.46 bits per heavy atom. The molecule has 0 aromatic rings. The first-order valence-corrected chi connectivity index (χ1v) is 8.09. The summed E-state index contributed by atoms with van der Waals surface area (Å²) >= 11 is 0. The molecule has 7 heteroatoms. The summed E-state index contributed by atoms with van der Waals surface area (Å²) in [5, 5.41) is 2.75. The number of nitrogens with one attached hydrogen (secondary N) is 1. The molecule has 1 rings (SSSR count). The first kappa shape index (κ1) is 20.4. The van der Waals surface area contributed by atoms with Gasteiger partial charge in [-0.25, -0.2) is 9.59 Å². The number of carbonyl (C=O) groups excluding carboxylic acids is 2. The van der Waals surface area contributed by atoms with E-state index in [4.69, 9.17) is 18.9 Å². The molecule has 0 spiro atoms. The maximum absolute atomic E-state index is 12.1. The van der Waals surface area contributed by atoms with Gasteiger partial charge in [0.1, 0.15) is 11.7 Å². The summed E-state index contributed by atoms with van der Waals surface area (Å²) in [5.41, 5.74) is -0.370. The smallest absolute Gasteiger partial charge is 0.407 e. The summed E-state index contributed by atoms with van der Waals surface area (Å²) in [4.78, 5) is 23.9. The fraction of sp³-hybridized carbons (Fsp3) is 0.765. The van der Waals surface area contributed by atoms with Crippen molar-refractivity contribution in [3.63, 3.8) is 0 Å². The maximum Gasteiger partial charge on any atom is 0.407 e. The predicted molar refractivity (Wildman–Crippen MR) is 88.5 cm³/mol. The van der Waals surface area contributed by atoms with Gasteiger partial charge in [-0.1, -0.05) is 6.58 Å². The minimum Gasteiger partial charge on any atom is -0.463 e. The van der Waals surface area contributed by atoms with Gasteiger partial charge in [0, 0.05) is 12.0 Å². The van der Waals surface area contributed by atoms with E-state index in [-0.39, 0.29) is 18.6 Å². The van der Waals surface area contributed by atoms with Crippen molar-refractivity contribution >= 4 is 12.1 Å². The summed E-state index contributed by atoms with van der Waals surface area (Å²) in [6, 6.07) is -0.515. The van der Waals surface area contributed by atoms with Crippen molar-refractivity contribution in [2.45, 2.75) is 71.5 Å². The number of hydrogen-bond acceptors (Lipinski definition) is 6. The lowest BCUT2D eigenvalue weighted by molar-refractivity contribution is -0.142. The summed E-state index contributed by atoms with van der Waals surface area (Å²) in [5.74, 6) is -1.24. The second kappa shape index (κ2) is 7.98. The summed E-state index contributed by atoms with van der Waals surface area (Å²) in [7, 11) is 0. The van der Waals surface area contributed by atoms with Crippen LogP contribution < -0.4 is 5.32 Å². The van der Waals surface area contributed by atoms with Crippen LogP contribution in [-0.4, -0.2) is 48.8 Å². The van der Waals surface area contributed by atoms with E-state index in [9.17, 15) is 9.59 Å². The summed E-state index contributed by atoms with van der Waals surface area (Å²) < 4.78 is 21.6. The first-order chi connectivity index (χ1) is 10.9. The highest BCUT2D eigenvalue weighted by molar-refractivity contribution is 5.87. The highest BCUT2D eigenvalue weighted by Crippen LogP contribution is 2.26. The van der Waals surface area contributed by atoms with E-state index in [0.29, 0.717) is 6.61 Å². The quantitative estimate of drug-likeness (QED) is 0.589. The van der Waals surface area contributed by atoms with Gasteiger partial charge in [-0.3, -0.25) is 0 Å². The molecule has 24 heavy (non-hydrogen) atoms. The lowest BCUT2D eigenvalue weighted by Crippen LogP contribution is -2.47. The van der Waals surface area contributed by atoms with Crippen LogP contribution in [0.15, 0.2) is 12.2 Å². The zero-order valence-electron chi connectivity index (χ0n) is 15.4. The molecule has 2 atom stereocenters. The number of esters is 1. The van der Waals surface area contributed by atoms with Crippen molar-refractivity contribution in [1.82, 2.24) is 5.32 Å². The average molecular weight is 343 g/mol. The molecule has 2 unspecified atom stereocenters. The van der Waals surface area contributed by atoms with E-state index in [1.807, 2.05) is 0 Å². The third-order valence-corrected chi connectivity index (χ3v) is 3.21. The maximum atomic E-state index is 12.1. The topological polar surface area (TPSA) is 83.1 Å². The largest absolute Gasteiger partial charge is 0.463 e.